The zero-order valence-electron chi connectivity index (χ0n) is 13.2. The van der Waals surface area contributed by atoms with Crippen LogP contribution in [0.4, 0.5) is 0 Å². The number of nitrogens with zero attached hydrogens (tertiary/aromatic N) is 2. The van der Waals surface area contributed by atoms with E-state index in [4.69, 9.17) is 4.42 Å². The molecule has 0 radical (unpaired) electrons. The summed E-state index contributed by atoms with van der Waals surface area (Å²) < 4.78 is 5.72. The SMILES string of the molecule is C=C(C)CN(CC)C(=O)CCc1ncc(-c2ccccc2)o1. The van der Waals surface area contributed by atoms with Gasteiger partial charge in [0.05, 0.1) is 6.20 Å². The molecule has 1 aromatic heterocycles. The number of carbonyl (C=O) groups is 1. The van der Waals surface area contributed by atoms with Crippen molar-refractivity contribution in [1.29, 1.82) is 0 Å². The number of amides is 1. The van der Waals surface area contributed by atoms with Gasteiger partial charge >= 0.3 is 0 Å². The highest BCUT2D eigenvalue weighted by molar-refractivity contribution is 5.76. The lowest BCUT2D eigenvalue weighted by Crippen LogP contribution is -2.32. The topological polar surface area (TPSA) is 46.3 Å². The van der Waals surface area contributed by atoms with Crippen LogP contribution >= 0.6 is 0 Å². The van der Waals surface area contributed by atoms with Crippen molar-refractivity contribution in [3.05, 3.63) is 54.6 Å². The standard InChI is InChI=1S/C18H22N2O2/c1-4-20(13-14(2)3)18(21)11-10-17-19-12-16(22-17)15-8-6-5-7-9-15/h5-9,12H,2,4,10-11,13H2,1,3H3. The third kappa shape index (κ3) is 4.32. The largest absolute Gasteiger partial charge is 0.441 e. The number of rotatable bonds is 7. The molecular weight excluding hydrogens is 276 g/mol. The summed E-state index contributed by atoms with van der Waals surface area (Å²) in [6.45, 7) is 9.05. The number of aromatic nitrogens is 1. The van der Waals surface area contributed by atoms with E-state index in [9.17, 15) is 4.79 Å². The molecule has 2 rings (SSSR count). The third-order valence-electron chi connectivity index (χ3n) is 3.36. The van der Waals surface area contributed by atoms with Gasteiger partial charge in [0.25, 0.3) is 0 Å². The number of hydrogen-bond acceptors (Lipinski definition) is 3. The van der Waals surface area contributed by atoms with E-state index in [0.717, 1.165) is 16.9 Å². The normalized spacial score (nSPS) is 10.5. The molecule has 0 saturated carbocycles. The van der Waals surface area contributed by atoms with Gasteiger partial charge in [0.1, 0.15) is 0 Å². The molecule has 0 bridgehead atoms. The lowest BCUT2D eigenvalue weighted by Gasteiger charge is -2.20. The maximum Gasteiger partial charge on any atom is 0.223 e. The highest BCUT2D eigenvalue weighted by atomic mass is 16.4. The number of aryl methyl sites for hydroxylation is 1. The van der Waals surface area contributed by atoms with Crippen molar-refractivity contribution in [2.24, 2.45) is 0 Å². The Morgan fingerprint density at radius 3 is 2.68 bits per heavy atom. The third-order valence-corrected chi connectivity index (χ3v) is 3.36. The smallest absolute Gasteiger partial charge is 0.223 e. The predicted octanol–water partition coefficient (Wildman–Crippen LogP) is 3.70. The van der Waals surface area contributed by atoms with E-state index >= 15 is 0 Å². The van der Waals surface area contributed by atoms with E-state index in [-0.39, 0.29) is 5.91 Å². The Bertz CT molecular complexity index is 632. The van der Waals surface area contributed by atoms with Gasteiger partial charge in [-0.25, -0.2) is 4.98 Å². The minimum atomic E-state index is 0.102. The molecule has 2 aromatic rings. The van der Waals surface area contributed by atoms with Gasteiger partial charge in [-0.05, 0) is 13.8 Å². The first-order chi connectivity index (χ1) is 10.6. The number of oxazole rings is 1. The molecule has 0 aliphatic rings. The van der Waals surface area contributed by atoms with Crippen LogP contribution in [0.1, 0.15) is 26.2 Å². The molecule has 0 fully saturated rings. The van der Waals surface area contributed by atoms with E-state index in [2.05, 4.69) is 11.6 Å². The fourth-order valence-electron chi connectivity index (χ4n) is 2.24. The summed E-state index contributed by atoms with van der Waals surface area (Å²) in [6.07, 6.45) is 2.62. The van der Waals surface area contributed by atoms with Crippen molar-refractivity contribution in [2.45, 2.75) is 26.7 Å². The molecule has 0 N–H and O–H groups in total. The second-order valence-corrected chi connectivity index (χ2v) is 5.35. The van der Waals surface area contributed by atoms with E-state index < -0.39 is 0 Å². The van der Waals surface area contributed by atoms with Gasteiger partial charge in [0.15, 0.2) is 11.7 Å². The lowest BCUT2D eigenvalue weighted by atomic mass is 10.2. The zero-order chi connectivity index (χ0) is 15.9. The molecule has 0 atom stereocenters. The van der Waals surface area contributed by atoms with Crippen molar-refractivity contribution in [1.82, 2.24) is 9.88 Å². The molecular formula is C18H22N2O2. The van der Waals surface area contributed by atoms with Crippen LogP contribution in [0, 0.1) is 0 Å². The van der Waals surface area contributed by atoms with E-state index in [0.29, 0.717) is 31.8 Å². The molecule has 4 heteroatoms. The van der Waals surface area contributed by atoms with Crippen molar-refractivity contribution >= 4 is 5.91 Å². The van der Waals surface area contributed by atoms with E-state index in [1.807, 2.05) is 44.2 Å². The second kappa shape index (κ2) is 7.59. The van der Waals surface area contributed by atoms with Crippen LogP contribution < -0.4 is 0 Å². The van der Waals surface area contributed by atoms with Crippen molar-refractivity contribution in [3.63, 3.8) is 0 Å². The molecule has 0 saturated heterocycles. The Labute approximate surface area is 131 Å². The van der Waals surface area contributed by atoms with Crippen LogP contribution in [-0.4, -0.2) is 28.9 Å². The average Bonchev–Trinajstić information content (AvgIpc) is 3.00. The fraction of sp³-hybridized carbons (Fsp3) is 0.333. The van der Waals surface area contributed by atoms with Gasteiger partial charge in [-0.3, -0.25) is 4.79 Å². The summed E-state index contributed by atoms with van der Waals surface area (Å²) in [6, 6.07) is 9.82. The number of hydrogen-bond donors (Lipinski definition) is 0. The van der Waals surface area contributed by atoms with E-state index in [1.54, 1.807) is 11.1 Å². The lowest BCUT2D eigenvalue weighted by molar-refractivity contribution is -0.130. The van der Waals surface area contributed by atoms with Gasteiger partial charge < -0.3 is 9.32 Å². The first-order valence-electron chi connectivity index (χ1n) is 7.52. The molecule has 116 valence electrons. The van der Waals surface area contributed by atoms with E-state index in [1.165, 1.54) is 0 Å². The van der Waals surface area contributed by atoms with Crippen molar-refractivity contribution in [3.8, 4) is 11.3 Å². The number of carbonyl (C=O) groups excluding carboxylic acids is 1. The maximum absolute atomic E-state index is 12.2. The quantitative estimate of drug-likeness (QED) is 0.732. The van der Waals surface area contributed by atoms with Gasteiger partial charge in [0, 0.05) is 31.5 Å². The Kier molecular flexibility index (Phi) is 5.53. The van der Waals surface area contributed by atoms with Gasteiger partial charge in [-0.2, -0.15) is 0 Å². The number of likely N-dealkylation sites (N-methyl/N-ethyl adjacent to an activating group) is 1. The number of benzene rings is 1. The van der Waals surface area contributed by atoms with Crippen molar-refractivity contribution in [2.75, 3.05) is 13.1 Å². The maximum atomic E-state index is 12.2. The van der Waals surface area contributed by atoms with Crippen LogP contribution in [0.2, 0.25) is 0 Å². The summed E-state index contributed by atoms with van der Waals surface area (Å²) in [7, 11) is 0. The molecule has 1 amide bonds. The fourth-order valence-corrected chi connectivity index (χ4v) is 2.24. The summed E-state index contributed by atoms with van der Waals surface area (Å²) >= 11 is 0. The Morgan fingerprint density at radius 2 is 2.05 bits per heavy atom. The van der Waals surface area contributed by atoms with Crippen molar-refractivity contribution < 1.29 is 9.21 Å². The van der Waals surface area contributed by atoms with Crippen LogP contribution in [0.5, 0.6) is 0 Å². The minimum Gasteiger partial charge on any atom is -0.441 e. The predicted molar refractivity (Wildman–Crippen MR) is 87.3 cm³/mol. The summed E-state index contributed by atoms with van der Waals surface area (Å²) in [4.78, 5) is 18.2. The summed E-state index contributed by atoms with van der Waals surface area (Å²) in [5.41, 5.74) is 1.97. The Balaban J connectivity index is 1.93. The van der Waals surface area contributed by atoms with Crippen LogP contribution in [-0.2, 0) is 11.2 Å². The highest BCUT2D eigenvalue weighted by Crippen LogP contribution is 2.20. The highest BCUT2D eigenvalue weighted by Gasteiger charge is 2.13. The first-order valence-corrected chi connectivity index (χ1v) is 7.52. The molecule has 0 spiro atoms. The van der Waals surface area contributed by atoms with Crippen LogP contribution in [0.3, 0.4) is 0 Å². The van der Waals surface area contributed by atoms with Gasteiger partial charge in [0.2, 0.25) is 5.91 Å². The molecule has 1 heterocycles. The molecule has 0 aliphatic carbocycles. The molecule has 0 unspecified atom stereocenters. The summed E-state index contributed by atoms with van der Waals surface area (Å²) in [5.74, 6) is 1.43. The molecule has 0 aliphatic heterocycles. The molecule has 22 heavy (non-hydrogen) atoms. The first kappa shape index (κ1) is 16.0. The monoisotopic (exact) mass is 298 g/mol. The average molecular weight is 298 g/mol. The molecule has 1 aromatic carbocycles. The zero-order valence-corrected chi connectivity index (χ0v) is 13.2. The van der Waals surface area contributed by atoms with Gasteiger partial charge in [-0.1, -0.05) is 42.5 Å². The Morgan fingerprint density at radius 1 is 1.32 bits per heavy atom. The van der Waals surface area contributed by atoms with Crippen LogP contribution in [0.15, 0.2) is 53.1 Å². The van der Waals surface area contributed by atoms with Crippen LogP contribution in [0.25, 0.3) is 11.3 Å². The minimum absolute atomic E-state index is 0.102. The molecule has 4 nitrogen and oxygen atoms in total. The summed E-state index contributed by atoms with van der Waals surface area (Å²) in [5, 5.41) is 0. The second-order valence-electron chi connectivity index (χ2n) is 5.35. The van der Waals surface area contributed by atoms with Gasteiger partial charge in [-0.15, -0.1) is 0 Å². The Hall–Kier alpha value is -2.36.